The van der Waals surface area contributed by atoms with Crippen molar-refractivity contribution >= 4 is 39.1 Å². The van der Waals surface area contributed by atoms with E-state index in [4.69, 9.17) is 14.2 Å². The second kappa shape index (κ2) is 5.69. The molecule has 21 heavy (non-hydrogen) atoms. The van der Waals surface area contributed by atoms with E-state index in [2.05, 4.69) is 21.2 Å². The smallest absolute Gasteiger partial charge is 0.176 e. The first kappa shape index (κ1) is 14.4. The van der Waals surface area contributed by atoms with Gasteiger partial charge in [-0.15, -0.1) is 0 Å². The number of nitrogens with one attached hydrogen (secondary N) is 1. The number of hydrogen-bond donors (Lipinski definition) is 1. The predicted octanol–water partition coefficient (Wildman–Crippen LogP) is 4.68. The number of rotatable bonds is 3. The minimum Gasteiger partial charge on any atom is -0.497 e. The molecule has 1 aliphatic heterocycles. The van der Waals surface area contributed by atoms with Gasteiger partial charge in [0.2, 0.25) is 0 Å². The van der Waals surface area contributed by atoms with E-state index in [0.29, 0.717) is 11.5 Å². The van der Waals surface area contributed by atoms with Gasteiger partial charge in [0.15, 0.2) is 11.5 Å². The van der Waals surface area contributed by atoms with Crippen LogP contribution in [-0.2, 0) is 0 Å². The van der Waals surface area contributed by atoms with Crippen LogP contribution >= 0.6 is 27.7 Å². The van der Waals surface area contributed by atoms with Gasteiger partial charge in [-0.25, -0.2) is 0 Å². The molecule has 0 saturated heterocycles. The van der Waals surface area contributed by atoms with Crippen LogP contribution in [0.1, 0.15) is 0 Å². The number of anilines is 2. The van der Waals surface area contributed by atoms with E-state index in [1.54, 1.807) is 33.1 Å². The Balaban J connectivity index is 2.11. The Morgan fingerprint density at radius 3 is 2.48 bits per heavy atom. The molecule has 4 nitrogen and oxygen atoms in total. The molecule has 0 unspecified atom stereocenters. The van der Waals surface area contributed by atoms with Crippen LogP contribution in [0.25, 0.3) is 0 Å². The number of ether oxygens (including phenoxy) is 3. The van der Waals surface area contributed by atoms with E-state index in [9.17, 15) is 0 Å². The molecule has 2 aromatic rings. The van der Waals surface area contributed by atoms with Crippen molar-refractivity contribution in [3.8, 4) is 17.2 Å². The number of methoxy groups -OCH3 is 3. The van der Waals surface area contributed by atoms with Crippen molar-refractivity contribution in [2.75, 3.05) is 26.6 Å². The molecule has 2 aromatic carbocycles. The van der Waals surface area contributed by atoms with E-state index in [1.165, 1.54) is 0 Å². The zero-order chi connectivity index (χ0) is 15.0. The highest BCUT2D eigenvalue weighted by molar-refractivity contribution is 9.10. The van der Waals surface area contributed by atoms with Crippen LogP contribution < -0.4 is 19.5 Å². The van der Waals surface area contributed by atoms with Gasteiger partial charge in [0.25, 0.3) is 0 Å². The second-order valence-electron chi connectivity index (χ2n) is 4.39. The Morgan fingerprint density at radius 1 is 1.00 bits per heavy atom. The number of benzene rings is 2. The summed E-state index contributed by atoms with van der Waals surface area (Å²) in [6.07, 6.45) is 0. The van der Waals surface area contributed by atoms with Gasteiger partial charge in [0.1, 0.15) is 5.75 Å². The Hall–Kier alpha value is -1.53. The molecule has 6 heteroatoms. The maximum Gasteiger partial charge on any atom is 0.176 e. The molecule has 0 saturated carbocycles. The molecule has 0 amide bonds. The zero-order valence-electron chi connectivity index (χ0n) is 11.8. The fraction of sp³-hybridized carbons (Fsp3) is 0.200. The van der Waals surface area contributed by atoms with Crippen molar-refractivity contribution in [3.05, 3.63) is 28.7 Å². The number of hydrogen-bond acceptors (Lipinski definition) is 5. The number of halogens is 1. The first-order chi connectivity index (χ1) is 10.2. The molecule has 0 aliphatic carbocycles. The number of fused-ring (bicyclic) bond motifs is 2. The third-order valence-corrected chi connectivity index (χ3v) is 5.44. The summed E-state index contributed by atoms with van der Waals surface area (Å²) in [5.74, 6) is 2.22. The fourth-order valence-corrected chi connectivity index (χ4v) is 4.04. The summed E-state index contributed by atoms with van der Waals surface area (Å²) in [5, 5.41) is 3.42. The lowest BCUT2D eigenvalue weighted by Gasteiger charge is -2.24. The SMILES string of the molecule is COc1ccc2c(c1)Sc1c(cc(OC)c(OC)c1Br)N2. The molecule has 110 valence electrons. The molecular weight excluding hydrogens is 354 g/mol. The molecule has 0 atom stereocenters. The summed E-state index contributed by atoms with van der Waals surface area (Å²) in [4.78, 5) is 2.17. The lowest BCUT2D eigenvalue weighted by Crippen LogP contribution is -2.03. The van der Waals surface area contributed by atoms with Crippen molar-refractivity contribution in [1.29, 1.82) is 0 Å². The topological polar surface area (TPSA) is 39.7 Å². The van der Waals surface area contributed by atoms with Crippen LogP contribution in [-0.4, -0.2) is 21.3 Å². The minimum atomic E-state index is 0.688. The van der Waals surface area contributed by atoms with Crippen LogP contribution in [0.15, 0.2) is 38.5 Å². The maximum atomic E-state index is 5.43. The van der Waals surface area contributed by atoms with Crippen LogP contribution in [0.4, 0.5) is 11.4 Å². The quantitative estimate of drug-likeness (QED) is 0.727. The van der Waals surface area contributed by atoms with Crippen molar-refractivity contribution < 1.29 is 14.2 Å². The molecule has 0 spiro atoms. The highest BCUT2D eigenvalue weighted by atomic mass is 79.9. The van der Waals surface area contributed by atoms with Gasteiger partial charge in [-0.1, -0.05) is 11.8 Å². The van der Waals surface area contributed by atoms with Crippen LogP contribution in [0, 0.1) is 0 Å². The zero-order valence-corrected chi connectivity index (χ0v) is 14.2. The summed E-state index contributed by atoms with van der Waals surface area (Å²) < 4.78 is 17.0. The molecule has 1 aliphatic rings. The van der Waals surface area contributed by atoms with E-state index < -0.39 is 0 Å². The Morgan fingerprint density at radius 2 is 1.81 bits per heavy atom. The Kier molecular flexibility index (Phi) is 3.91. The fourth-order valence-electron chi connectivity index (χ4n) is 2.20. The third kappa shape index (κ3) is 2.42. The molecule has 1 N–H and O–H groups in total. The average Bonchev–Trinajstić information content (AvgIpc) is 2.52. The van der Waals surface area contributed by atoms with Crippen molar-refractivity contribution in [1.82, 2.24) is 0 Å². The van der Waals surface area contributed by atoms with Gasteiger partial charge in [-0.2, -0.15) is 0 Å². The monoisotopic (exact) mass is 367 g/mol. The Labute approximate surface area is 135 Å². The molecule has 0 fully saturated rings. The summed E-state index contributed by atoms with van der Waals surface area (Å²) in [6, 6.07) is 7.90. The molecule has 1 heterocycles. The summed E-state index contributed by atoms with van der Waals surface area (Å²) >= 11 is 5.27. The molecule has 0 radical (unpaired) electrons. The minimum absolute atomic E-state index is 0.688. The van der Waals surface area contributed by atoms with Gasteiger partial charge < -0.3 is 19.5 Å². The maximum absolute atomic E-state index is 5.43. The van der Waals surface area contributed by atoms with Gasteiger partial charge in [-0.3, -0.25) is 0 Å². The van der Waals surface area contributed by atoms with Crippen LogP contribution in [0.2, 0.25) is 0 Å². The first-order valence-corrected chi connectivity index (χ1v) is 7.86. The lowest BCUT2D eigenvalue weighted by molar-refractivity contribution is 0.352. The van der Waals surface area contributed by atoms with E-state index in [1.807, 2.05) is 24.3 Å². The highest BCUT2D eigenvalue weighted by Crippen LogP contribution is 2.53. The molecule has 3 rings (SSSR count). The van der Waals surface area contributed by atoms with E-state index in [0.717, 1.165) is 31.4 Å². The predicted molar refractivity (Wildman–Crippen MR) is 87.6 cm³/mol. The second-order valence-corrected chi connectivity index (χ2v) is 6.24. The first-order valence-electron chi connectivity index (χ1n) is 6.25. The summed E-state index contributed by atoms with van der Waals surface area (Å²) in [6.45, 7) is 0. The van der Waals surface area contributed by atoms with Crippen LogP contribution in [0.5, 0.6) is 17.2 Å². The van der Waals surface area contributed by atoms with Gasteiger partial charge >= 0.3 is 0 Å². The van der Waals surface area contributed by atoms with Gasteiger partial charge in [0, 0.05) is 11.0 Å². The molecule has 0 aromatic heterocycles. The van der Waals surface area contributed by atoms with E-state index >= 15 is 0 Å². The lowest BCUT2D eigenvalue weighted by atomic mass is 10.2. The van der Waals surface area contributed by atoms with Gasteiger partial charge in [0.05, 0.1) is 42.1 Å². The van der Waals surface area contributed by atoms with Crippen molar-refractivity contribution in [2.45, 2.75) is 9.79 Å². The third-order valence-electron chi connectivity index (χ3n) is 3.24. The molecular formula is C15H14BrNO3S. The van der Waals surface area contributed by atoms with Crippen LogP contribution in [0.3, 0.4) is 0 Å². The average molecular weight is 368 g/mol. The Bertz CT molecular complexity index is 706. The molecule has 0 bridgehead atoms. The summed E-state index contributed by atoms with van der Waals surface area (Å²) in [5.41, 5.74) is 2.04. The van der Waals surface area contributed by atoms with Crippen molar-refractivity contribution in [3.63, 3.8) is 0 Å². The largest absolute Gasteiger partial charge is 0.497 e. The van der Waals surface area contributed by atoms with E-state index in [-0.39, 0.29) is 0 Å². The van der Waals surface area contributed by atoms with Crippen molar-refractivity contribution in [2.24, 2.45) is 0 Å². The van der Waals surface area contributed by atoms with Gasteiger partial charge in [-0.05, 0) is 34.1 Å². The summed E-state index contributed by atoms with van der Waals surface area (Å²) in [7, 11) is 4.93. The standard InChI is InChI=1S/C15H14BrNO3S/c1-18-8-4-5-9-12(6-8)21-15-10(17-9)7-11(19-2)14(20-3)13(15)16/h4-7,17H,1-3H3. The highest BCUT2D eigenvalue weighted by Gasteiger charge is 2.24. The normalized spacial score (nSPS) is 12.0.